The molecular formula is C13H21NOS. The molecule has 0 spiro atoms. The Morgan fingerprint density at radius 1 is 1.50 bits per heavy atom. The lowest BCUT2D eigenvalue weighted by Crippen LogP contribution is -2.33. The zero-order valence-electron chi connectivity index (χ0n) is 10.2. The van der Waals surface area contributed by atoms with Crippen LogP contribution in [0, 0.1) is 5.92 Å². The third kappa shape index (κ3) is 3.06. The summed E-state index contributed by atoms with van der Waals surface area (Å²) in [5, 5.41) is 3.61. The normalized spacial score (nSPS) is 22.5. The van der Waals surface area contributed by atoms with E-state index in [1.54, 1.807) is 0 Å². The van der Waals surface area contributed by atoms with Crippen molar-refractivity contribution >= 4 is 11.3 Å². The highest BCUT2D eigenvalue weighted by molar-refractivity contribution is 7.11. The number of ether oxygens (including phenoxy) is 1. The maximum Gasteiger partial charge on any atom is 0.0509 e. The molecule has 2 atom stereocenters. The van der Waals surface area contributed by atoms with Gasteiger partial charge in [0, 0.05) is 28.9 Å². The van der Waals surface area contributed by atoms with Crippen molar-refractivity contribution in [3.05, 3.63) is 21.9 Å². The van der Waals surface area contributed by atoms with Gasteiger partial charge in [-0.05, 0) is 37.8 Å². The number of aryl methyl sites for hydroxylation is 1. The maximum atomic E-state index is 5.41. The Hall–Kier alpha value is -0.380. The van der Waals surface area contributed by atoms with E-state index in [9.17, 15) is 0 Å². The lowest BCUT2D eigenvalue weighted by Gasteiger charge is -2.18. The molecular weight excluding hydrogens is 218 g/mol. The summed E-state index contributed by atoms with van der Waals surface area (Å²) in [5.74, 6) is 0.700. The Kier molecular flexibility index (Phi) is 4.38. The van der Waals surface area contributed by atoms with Gasteiger partial charge in [0.05, 0.1) is 6.61 Å². The predicted molar refractivity (Wildman–Crippen MR) is 68.9 cm³/mol. The summed E-state index contributed by atoms with van der Waals surface area (Å²) in [7, 11) is 0. The molecule has 90 valence electrons. The molecule has 2 rings (SSSR count). The van der Waals surface area contributed by atoms with Gasteiger partial charge in [-0.1, -0.05) is 6.92 Å². The first kappa shape index (κ1) is 12.1. The summed E-state index contributed by atoms with van der Waals surface area (Å²) < 4.78 is 5.41. The minimum absolute atomic E-state index is 0.565. The van der Waals surface area contributed by atoms with Crippen LogP contribution >= 0.6 is 11.3 Å². The van der Waals surface area contributed by atoms with Crippen LogP contribution in [0.5, 0.6) is 0 Å². The van der Waals surface area contributed by atoms with E-state index in [-0.39, 0.29) is 0 Å². The van der Waals surface area contributed by atoms with Crippen molar-refractivity contribution in [1.82, 2.24) is 5.32 Å². The van der Waals surface area contributed by atoms with Crippen molar-refractivity contribution in [2.45, 2.75) is 39.3 Å². The van der Waals surface area contributed by atoms with E-state index in [2.05, 4.69) is 31.3 Å². The number of hydrogen-bond donors (Lipinski definition) is 1. The standard InChI is InChI=1S/C13H21NOS/c1-3-12-4-5-13(16-12)8-14-10(2)11-6-7-15-9-11/h4-5,10-11,14H,3,6-9H2,1-2H3. The van der Waals surface area contributed by atoms with Crippen LogP contribution in [0.2, 0.25) is 0 Å². The highest BCUT2D eigenvalue weighted by atomic mass is 32.1. The van der Waals surface area contributed by atoms with Gasteiger partial charge >= 0.3 is 0 Å². The van der Waals surface area contributed by atoms with E-state index in [0.717, 1.165) is 26.2 Å². The fraction of sp³-hybridized carbons (Fsp3) is 0.692. The molecule has 16 heavy (non-hydrogen) atoms. The first-order valence-corrected chi connectivity index (χ1v) is 7.00. The minimum Gasteiger partial charge on any atom is -0.381 e. The molecule has 0 aliphatic carbocycles. The number of hydrogen-bond acceptors (Lipinski definition) is 3. The van der Waals surface area contributed by atoms with Gasteiger partial charge in [0.1, 0.15) is 0 Å². The molecule has 0 aromatic carbocycles. The summed E-state index contributed by atoms with van der Waals surface area (Å²) in [4.78, 5) is 2.93. The van der Waals surface area contributed by atoms with Crippen molar-refractivity contribution in [3.8, 4) is 0 Å². The quantitative estimate of drug-likeness (QED) is 0.853. The van der Waals surface area contributed by atoms with Crippen LogP contribution in [0.3, 0.4) is 0 Å². The average Bonchev–Trinajstić information content (AvgIpc) is 2.96. The lowest BCUT2D eigenvalue weighted by atomic mass is 10.0. The van der Waals surface area contributed by atoms with Crippen molar-refractivity contribution < 1.29 is 4.74 Å². The topological polar surface area (TPSA) is 21.3 Å². The molecule has 1 aliphatic rings. The second-order valence-corrected chi connectivity index (χ2v) is 5.77. The Morgan fingerprint density at radius 3 is 2.94 bits per heavy atom. The Balaban J connectivity index is 1.77. The zero-order valence-corrected chi connectivity index (χ0v) is 11.0. The molecule has 1 aromatic rings. The largest absolute Gasteiger partial charge is 0.381 e. The highest BCUT2D eigenvalue weighted by Gasteiger charge is 2.21. The summed E-state index contributed by atoms with van der Waals surface area (Å²) in [6, 6.07) is 5.05. The fourth-order valence-electron chi connectivity index (χ4n) is 2.08. The highest BCUT2D eigenvalue weighted by Crippen LogP contribution is 2.19. The van der Waals surface area contributed by atoms with Crippen LogP contribution in [-0.4, -0.2) is 19.3 Å². The molecule has 1 N–H and O–H groups in total. The Morgan fingerprint density at radius 2 is 2.31 bits per heavy atom. The molecule has 0 bridgehead atoms. The zero-order chi connectivity index (χ0) is 11.4. The molecule has 3 heteroatoms. The third-order valence-electron chi connectivity index (χ3n) is 3.34. The number of rotatable bonds is 5. The SMILES string of the molecule is CCc1ccc(CNC(C)C2CCOC2)s1. The second-order valence-electron chi connectivity index (χ2n) is 4.51. The maximum absolute atomic E-state index is 5.41. The first-order chi connectivity index (χ1) is 7.79. The van der Waals surface area contributed by atoms with Gasteiger partial charge in [-0.2, -0.15) is 0 Å². The van der Waals surface area contributed by atoms with E-state index in [1.165, 1.54) is 16.2 Å². The van der Waals surface area contributed by atoms with Crippen molar-refractivity contribution in [3.63, 3.8) is 0 Å². The molecule has 1 aromatic heterocycles. The molecule has 0 radical (unpaired) electrons. The Labute approximate surface area is 102 Å². The van der Waals surface area contributed by atoms with E-state index in [1.807, 2.05) is 11.3 Å². The van der Waals surface area contributed by atoms with E-state index >= 15 is 0 Å². The average molecular weight is 239 g/mol. The summed E-state index contributed by atoms with van der Waals surface area (Å²) >= 11 is 1.92. The molecule has 2 unspecified atom stereocenters. The number of nitrogens with one attached hydrogen (secondary N) is 1. The lowest BCUT2D eigenvalue weighted by molar-refractivity contribution is 0.178. The molecule has 1 saturated heterocycles. The van der Waals surface area contributed by atoms with E-state index < -0.39 is 0 Å². The van der Waals surface area contributed by atoms with Crippen LogP contribution in [0.25, 0.3) is 0 Å². The van der Waals surface area contributed by atoms with Gasteiger partial charge in [0.2, 0.25) is 0 Å². The van der Waals surface area contributed by atoms with E-state index in [0.29, 0.717) is 12.0 Å². The second kappa shape index (κ2) is 5.80. The molecule has 2 heterocycles. The van der Waals surface area contributed by atoms with Crippen LogP contribution < -0.4 is 5.32 Å². The van der Waals surface area contributed by atoms with Crippen LogP contribution in [-0.2, 0) is 17.7 Å². The molecule has 0 amide bonds. The number of thiophene rings is 1. The summed E-state index contributed by atoms with van der Waals surface area (Å²) in [5.41, 5.74) is 0. The van der Waals surface area contributed by atoms with Crippen LogP contribution in [0.1, 0.15) is 30.0 Å². The van der Waals surface area contributed by atoms with Crippen LogP contribution in [0.15, 0.2) is 12.1 Å². The van der Waals surface area contributed by atoms with Crippen molar-refractivity contribution in [1.29, 1.82) is 0 Å². The van der Waals surface area contributed by atoms with Crippen molar-refractivity contribution in [2.75, 3.05) is 13.2 Å². The van der Waals surface area contributed by atoms with Gasteiger partial charge < -0.3 is 10.1 Å². The van der Waals surface area contributed by atoms with Gasteiger partial charge in [-0.3, -0.25) is 0 Å². The predicted octanol–water partition coefficient (Wildman–Crippen LogP) is 2.83. The smallest absolute Gasteiger partial charge is 0.0509 e. The molecule has 0 saturated carbocycles. The Bertz CT molecular complexity index is 317. The van der Waals surface area contributed by atoms with Gasteiger partial charge in [0.25, 0.3) is 0 Å². The van der Waals surface area contributed by atoms with Gasteiger partial charge in [-0.15, -0.1) is 11.3 Å². The van der Waals surface area contributed by atoms with E-state index in [4.69, 9.17) is 4.74 Å². The minimum atomic E-state index is 0.565. The van der Waals surface area contributed by atoms with Crippen molar-refractivity contribution in [2.24, 2.45) is 5.92 Å². The fourth-order valence-corrected chi connectivity index (χ4v) is 2.99. The molecule has 1 fully saturated rings. The summed E-state index contributed by atoms with van der Waals surface area (Å²) in [6.07, 6.45) is 2.36. The first-order valence-electron chi connectivity index (χ1n) is 6.18. The monoisotopic (exact) mass is 239 g/mol. The van der Waals surface area contributed by atoms with Gasteiger partial charge in [0.15, 0.2) is 0 Å². The van der Waals surface area contributed by atoms with Crippen LogP contribution in [0.4, 0.5) is 0 Å². The molecule has 1 aliphatic heterocycles. The summed E-state index contributed by atoms with van der Waals surface area (Å²) in [6.45, 7) is 7.35. The molecule has 2 nitrogen and oxygen atoms in total. The third-order valence-corrected chi connectivity index (χ3v) is 4.57. The van der Waals surface area contributed by atoms with Gasteiger partial charge in [-0.25, -0.2) is 0 Å².